The summed E-state index contributed by atoms with van der Waals surface area (Å²) in [7, 11) is -2.00. The summed E-state index contributed by atoms with van der Waals surface area (Å²) in [5, 5.41) is 0.869. The highest BCUT2D eigenvalue weighted by Crippen LogP contribution is 2.28. The van der Waals surface area contributed by atoms with Crippen LogP contribution in [0.4, 0.5) is 0 Å². The maximum Gasteiger partial charge on any atom is 0.268 e. The highest BCUT2D eigenvalue weighted by molar-refractivity contribution is 7.90. The molecule has 4 nitrogen and oxygen atoms in total. The average Bonchev–Trinajstić information content (AvgIpc) is 2.85. The zero-order chi connectivity index (χ0) is 15.0. The molecule has 0 radical (unpaired) electrons. The van der Waals surface area contributed by atoms with Crippen LogP contribution in [0.25, 0.3) is 10.9 Å². The smallest absolute Gasteiger partial charge is 0.268 e. The molecule has 0 amide bonds. The number of benzene rings is 2. The fourth-order valence-corrected chi connectivity index (χ4v) is 3.81. The standard InChI is InChI=1S/C16H15NO3S/c1-12-11-17(16-9-8-13(20-2)10-15(12)16)21(18,19)14-6-4-3-5-7-14/h3-11H,1-2H3. The number of hydrogen-bond donors (Lipinski definition) is 0. The Balaban J connectivity index is 2.27. The van der Waals surface area contributed by atoms with E-state index in [9.17, 15) is 8.42 Å². The molecule has 21 heavy (non-hydrogen) atoms. The first-order chi connectivity index (χ1) is 10.0. The minimum atomic E-state index is -3.59. The fraction of sp³-hybridized carbons (Fsp3) is 0.125. The number of fused-ring (bicyclic) bond motifs is 1. The van der Waals surface area contributed by atoms with Crippen molar-refractivity contribution >= 4 is 20.9 Å². The Morgan fingerprint density at radius 2 is 1.76 bits per heavy atom. The predicted molar refractivity (Wildman–Crippen MR) is 82.3 cm³/mol. The summed E-state index contributed by atoms with van der Waals surface area (Å²) in [6, 6.07) is 13.8. The predicted octanol–water partition coefficient (Wildman–Crippen LogP) is 3.20. The third-order valence-corrected chi connectivity index (χ3v) is 5.16. The van der Waals surface area contributed by atoms with E-state index in [-0.39, 0.29) is 4.90 Å². The lowest BCUT2D eigenvalue weighted by Crippen LogP contribution is -2.11. The lowest BCUT2D eigenvalue weighted by atomic mass is 10.2. The van der Waals surface area contributed by atoms with E-state index in [1.54, 1.807) is 55.8 Å². The molecule has 0 unspecified atom stereocenters. The quantitative estimate of drug-likeness (QED) is 0.746. The molecule has 0 saturated carbocycles. The first-order valence-corrected chi connectivity index (χ1v) is 7.94. The number of rotatable bonds is 3. The number of aromatic nitrogens is 1. The first-order valence-electron chi connectivity index (χ1n) is 6.50. The van der Waals surface area contributed by atoms with Crippen molar-refractivity contribution in [2.24, 2.45) is 0 Å². The van der Waals surface area contributed by atoms with Crippen LogP contribution in [0, 0.1) is 6.92 Å². The van der Waals surface area contributed by atoms with Crippen molar-refractivity contribution in [2.45, 2.75) is 11.8 Å². The summed E-state index contributed by atoms with van der Waals surface area (Å²) < 4.78 is 32.0. The second-order valence-electron chi connectivity index (χ2n) is 4.81. The molecule has 0 bridgehead atoms. The lowest BCUT2D eigenvalue weighted by Gasteiger charge is -2.07. The second kappa shape index (κ2) is 4.93. The van der Waals surface area contributed by atoms with Gasteiger partial charge < -0.3 is 4.74 Å². The van der Waals surface area contributed by atoms with Crippen LogP contribution in [-0.2, 0) is 10.0 Å². The van der Waals surface area contributed by atoms with E-state index in [0.717, 1.165) is 10.9 Å². The van der Waals surface area contributed by atoms with Gasteiger partial charge in [-0.2, -0.15) is 0 Å². The molecule has 0 saturated heterocycles. The largest absolute Gasteiger partial charge is 0.497 e. The van der Waals surface area contributed by atoms with Crippen LogP contribution >= 0.6 is 0 Å². The number of nitrogens with zero attached hydrogens (tertiary/aromatic N) is 1. The van der Waals surface area contributed by atoms with Crippen LogP contribution in [0.2, 0.25) is 0 Å². The van der Waals surface area contributed by atoms with Crippen molar-refractivity contribution < 1.29 is 13.2 Å². The van der Waals surface area contributed by atoms with Crippen molar-refractivity contribution in [3.8, 4) is 5.75 Å². The van der Waals surface area contributed by atoms with E-state index in [4.69, 9.17) is 4.74 Å². The van der Waals surface area contributed by atoms with Gasteiger partial charge in [0.2, 0.25) is 0 Å². The molecular weight excluding hydrogens is 286 g/mol. The molecule has 1 aromatic heterocycles. The normalized spacial score (nSPS) is 11.7. The Morgan fingerprint density at radius 1 is 1.05 bits per heavy atom. The summed E-state index contributed by atoms with van der Waals surface area (Å²) in [5.41, 5.74) is 1.54. The average molecular weight is 301 g/mol. The van der Waals surface area contributed by atoms with E-state index in [2.05, 4.69) is 0 Å². The maximum absolute atomic E-state index is 12.7. The molecule has 5 heteroatoms. The molecule has 1 heterocycles. The Labute approximate surface area is 123 Å². The van der Waals surface area contributed by atoms with Gasteiger partial charge in [0.1, 0.15) is 5.75 Å². The van der Waals surface area contributed by atoms with Gasteiger partial charge in [0.25, 0.3) is 10.0 Å². The highest BCUT2D eigenvalue weighted by Gasteiger charge is 2.20. The van der Waals surface area contributed by atoms with Crippen LogP contribution in [0.3, 0.4) is 0 Å². The summed E-state index contributed by atoms with van der Waals surface area (Å²) in [4.78, 5) is 0.276. The van der Waals surface area contributed by atoms with Gasteiger partial charge in [-0.25, -0.2) is 12.4 Å². The maximum atomic E-state index is 12.7. The number of methoxy groups -OCH3 is 1. The van der Waals surface area contributed by atoms with Gasteiger partial charge in [-0.3, -0.25) is 0 Å². The van der Waals surface area contributed by atoms with Crippen molar-refractivity contribution in [3.63, 3.8) is 0 Å². The summed E-state index contributed by atoms with van der Waals surface area (Å²) in [5.74, 6) is 0.709. The minimum Gasteiger partial charge on any atom is -0.497 e. The van der Waals surface area contributed by atoms with Gasteiger partial charge >= 0.3 is 0 Å². The molecule has 0 N–H and O–H groups in total. The van der Waals surface area contributed by atoms with Crippen molar-refractivity contribution in [2.75, 3.05) is 7.11 Å². The molecule has 0 aliphatic rings. The monoisotopic (exact) mass is 301 g/mol. The van der Waals surface area contributed by atoms with Gasteiger partial charge in [-0.05, 0) is 42.8 Å². The summed E-state index contributed by atoms with van der Waals surface area (Å²) >= 11 is 0. The van der Waals surface area contributed by atoms with Gasteiger partial charge in [-0.1, -0.05) is 18.2 Å². The van der Waals surface area contributed by atoms with Gasteiger partial charge in [0.15, 0.2) is 0 Å². The lowest BCUT2D eigenvalue weighted by molar-refractivity contribution is 0.415. The summed E-state index contributed by atoms with van der Waals surface area (Å²) in [6.07, 6.45) is 1.65. The van der Waals surface area contributed by atoms with Gasteiger partial charge in [0, 0.05) is 11.6 Å². The van der Waals surface area contributed by atoms with Crippen LogP contribution in [0.15, 0.2) is 59.6 Å². The number of ether oxygens (including phenoxy) is 1. The zero-order valence-electron chi connectivity index (χ0n) is 11.8. The number of aryl methyl sites for hydroxylation is 1. The molecule has 0 aliphatic carbocycles. The molecule has 0 fully saturated rings. The Bertz CT molecular complexity index is 896. The van der Waals surface area contributed by atoms with Gasteiger partial charge in [-0.15, -0.1) is 0 Å². The zero-order valence-corrected chi connectivity index (χ0v) is 12.6. The van der Waals surface area contributed by atoms with Crippen LogP contribution in [0.1, 0.15) is 5.56 Å². The van der Waals surface area contributed by atoms with E-state index in [0.29, 0.717) is 11.3 Å². The minimum absolute atomic E-state index is 0.276. The van der Waals surface area contributed by atoms with E-state index in [1.807, 2.05) is 13.0 Å². The van der Waals surface area contributed by atoms with E-state index >= 15 is 0 Å². The van der Waals surface area contributed by atoms with Crippen molar-refractivity contribution in [1.29, 1.82) is 0 Å². The Kier molecular flexibility index (Phi) is 3.22. The van der Waals surface area contributed by atoms with E-state index < -0.39 is 10.0 Å². The molecule has 108 valence electrons. The van der Waals surface area contributed by atoms with Crippen LogP contribution < -0.4 is 4.74 Å². The molecule has 0 aliphatic heterocycles. The molecule has 2 aromatic carbocycles. The van der Waals surface area contributed by atoms with Crippen LogP contribution in [0.5, 0.6) is 5.75 Å². The third kappa shape index (κ3) is 2.19. The first kappa shape index (κ1) is 13.7. The molecule has 0 spiro atoms. The third-order valence-electron chi connectivity index (χ3n) is 3.48. The molecular formula is C16H15NO3S. The Morgan fingerprint density at radius 3 is 2.43 bits per heavy atom. The van der Waals surface area contributed by atoms with Crippen molar-refractivity contribution in [3.05, 3.63) is 60.3 Å². The topological polar surface area (TPSA) is 48.3 Å². The molecule has 3 aromatic rings. The SMILES string of the molecule is COc1ccc2c(c1)c(C)cn2S(=O)(=O)c1ccccc1. The molecule has 0 atom stereocenters. The molecule has 3 rings (SSSR count). The number of hydrogen-bond acceptors (Lipinski definition) is 3. The second-order valence-corrected chi connectivity index (χ2v) is 6.62. The van der Waals surface area contributed by atoms with E-state index in [1.165, 1.54) is 3.97 Å². The highest BCUT2D eigenvalue weighted by atomic mass is 32.2. The van der Waals surface area contributed by atoms with Gasteiger partial charge in [0.05, 0.1) is 17.5 Å². The van der Waals surface area contributed by atoms with Crippen molar-refractivity contribution in [1.82, 2.24) is 3.97 Å². The Hall–Kier alpha value is -2.27. The van der Waals surface area contributed by atoms with Crippen LogP contribution in [-0.4, -0.2) is 19.5 Å². The summed E-state index contributed by atoms with van der Waals surface area (Å²) in [6.45, 7) is 1.89. The fourth-order valence-electron chi connectivity index (χ4n) is 2.37.